The molecular weight excluding hydrogens is 357 g/mol. The summed E-state index contributed by atoms with van der Waals surface area (Å²) < 4.78 is 5.71. The molecule has 0 radical (unpaired) electrons. The highest BCUT2D eigenvalue weighted by Gasteiger charge is 2.18. The number of Topliss-reactive ketones (excluding diaryl/α,β-unsaturated/α-hetero) is 1. The minimum atomic E-state index is -0.810. The zero-order chi connectivity index (χ0) is 17.8. The van der Waals surface area contributed by atoms with E-state index in [-0.39, 0.29) is 5.78 Å². The van der Waals surface area contributed by atoms with E-state index in [1.807, 2.05) is 30.3 Å². The molecule has 0 fully saturated rings. The van der Waals surface area contributed by atoms with Crippen molar-refractivity contribution in [2.75, 3.05) is 0 Å². The van der Waals surface area contributed by atoms with Gasteiger partial charge in [-0.25, -0.2) is 0 Å². The van der Waals surface area contributed by atoms with Gasteiger partial charge in [-0.2, -0.15) is 0 Å². The van der Waals surface area contributed by atoms with Crippen molar-refractivity contribution in [1.82, 2.24) is 0 Å². The number of ether oxygens (including phenoxy) is 1. The zero-order valence-corrected chi connectivity index (χ0v) is 14.7. The van der Waals surface area contributed by atoms with E-state index in [0.29, 0.717) is 26.9 Å². The summed E-state index contributed by atoms with van der Waals surface area (Å²) in [5.41, 5.74) is 7.18. The number of para-hydroxylation sites is 1. The molecule has 1 atom stereocenters. The van der Waals surface area contributed by atoms with E-state index >= 15 is 0 Å². The fourth-order valence-corrected chi connectivity index (χ4v) is 2.66. The Morgan fingerprint density at radius 2 is 1.48 bits per heavy atom. The quantitative estimate of drug-likeness (QED) is 0.587. The van der Waals surface area contributed by atoms with Crippen LogP contribution in [0.4, 0.5) is 0 Å². The topological polar surface area (TPSA) is 52.3 Å². The van der Waals surface area contributed by atoms with Gasteiger partial charge < -0.3 is 10.5 Å². The number of hydrogen-bond acceptors (Lipinski definition) is 3. The van der Waals surface area contributed by atoms with Crippen LogP contribution < -0.4 is 10.5 Å². The summed E-state index contributed by atoms with van der Waals surface area (Å²) in [5, 5.41) is 0.793. The van der Waals surface area contributed by atoms with Crippen molar-refractivity contribution < 1.29 is 9.53 Å². The van der Waals surface area contributed by atoms with Crippen LogP contribution >= 0.6 is 23.2 Å². The van der Waals surface area contributed by atoms with E-state index in [9.17, 15) is 4.79 Å². The van der Waals surface area contributed by atoms with Gasteiger partial charge in [0.25, 0.3) is 0 Å². The Labute approximate surface area is 155 Å². The number of nitrogens with two attached hydrogens (primary N) is 1. The highest BCUT2D eigenvalue weighted by Crippen LogP contribution is 2.27. The van der Waals surface area contributed by atoms with E-state index < -0.39 is 6.04 Å². The molecule has 25 heavy (non-hydrogen) atoms. The molecule has 0 amide bonds. The number of hydrogen-bond donors (Lipinski definition) is 1. The van der Waals surface area contributed by atoms with E-state index in [1.165, 1.54) is 0 Å². The predicted molar refractivity (Wildman–Crippen MR) is 101 cm³/mol. The summed E-state index contributed by atoms with van der Waals surface area (Å²) >= 11 is 11.9. The zero-order valence-electron chi connectivity index (χ0n) is 13.2. The Morgan fingerprint density at radius 1 is 0.840 bits per heavy atom. The second-order valence-corrected chi connectivity index (χ2v) is 6.27. The highest BCUT2D eigenvalue weighted by atomic mass is 35.5. The van der Waals surface area contributed by atoms with Gasteiger partial charge in [0.1, 0.15) is 11.5 Å². The number of halogens is 2. The first kappa shape index (κ1) is 17.5. The van der Waals surface area contributed by atoms with Crippen LogP contribution in [0.15, 0.2) is 72.8 Å². The van der Waals surface area contributed by atoms with Crippen molar-refractivity contribution in [2.24, 2.45) is 5.73 Å². The van der Waals surface area contributed by atoms with Crippen molar-refractivity contribution in [3.63, 3.8) is 0 Å². The minimum Gasteiger partial charge on any atom is -0.457 e. The van der Waals surface area contributed by atoms with Crippen LogP contribution in [-0.2, 0) is 0 Å². The number of carbonyl (C=O) groups is 1. The molecule has 0 bridgehead atoms. The molecule has 3 aromatic rings. The molecule has 3 nitrogen and oxygen atoms in total. The maximum Gasteiger partial charge on any atom is 0.184 e. The predicted octanol–water partition coefficient (Wildman–Crippen LogP) is 5.67. The first-order valence-corrected chi connectivity index (χ1v) is 8.38. The van der Waals surface area contributed by atoms with Crippen molar-refractivity contribution in [3.8, 4) is 11.5 Å². The first-order chi connectivity index (χ1) is 12.0. The first-order valence-electron chi connectivity index (χ1n) is 7.62. The van der Waals surface area contributed by atoms with Gasteiger partial charge in [-0.05, 0) is 54.1 Å². The SMILES string of the molecule is NC(C(=O)c1ccc(Oc2ccccc2)cc1)c1ccc(Cl)c(Cl)c1. The molecule has 3 aromatic carbocycles. The van der Waals surface area contributed by atoms with E-state index in [0.717, 1.165) is 5.75 Å². The van der Waals surface area contributed by atoms with Crippen molar-refractivity contribution in [3.05, 3.63) is 94.0 Å². The molecule has 0 saturated heterocycles. The van der Waals surface area contributed by atoms with Crippen molar-refractivity contribution >= 4 is 29.0 Å². The van der Waals surface area contributed by atoms with E-state index in [4.69, 9.17) is 33.7 Å². The minimum absolute atomic E-state index is 0.204. The van der Waals surface area contributed by atoms with Gasteiger partial charge in [0.05, 0.1) is 16.1 Å². The van der Waals surface area contributed by atoms with Gasteiger partial charge in [0.15, 0.2) is 5.78 Å². The van der Waals surface area contributed by atoms with Crippen LogP contribution in [0.3, 0.4) is 0 Å². The highest BCUT2D eigenvalue weighted by molar-refractivity contribution is 6.42. The largest absolute Gasteiger partial charge is 0.457 e. The molecule has 0 aromatic heterocycles. The van der Waals surface area contributed by atoms with Gasteiger partial charge in [0.2, 0.25) is 0 Å². The van der Waals surface area contributed by atoms with Crippen LogP contribution in [-0.4, -0.2) is 5.78 Å². The molecule has 126 valence electrons. The molecule has 0 aliphatic carbocycles. The molecule has 5 heteroatoms. The van der Waals surface area contributed by atoms with Crippen LogP contribution in [0.5, 0.6) is 11.5 Å². The lowest BCUT2D eigenvalue weighted by Crippen LogP contribution is -2.21. The fraction of sp³-hybridized carbons (Fsp3) is 0.0500. The lowest BCUT2D eigenvalue weighted by atomic mass is 9.98. The molecule has 3 rings (SSSR count). The summed E-state index contributed by atoms with van der Waals surface area (Å²) in [6, 6.07) is 20.4. The number of benzene rings is 3. The molecule has 0 heterocycles. The average Bonchev–Trinajstić information content (AvgIpc) is 2.64. The molecular formula is C20H15Cl2NO2. The van der Waals surface area contributed by atoms with Crippen molar-refractivity contribution in [2.45, 2.75) is 6.04 Å². The Bertz CT molecular complexity index is 880. The number of carbonyl (C=O) groups excluding carboxylic acids is 1. The fourth-order valence-electron chi connectivity index (χ4n) is 2.35. The second kappa shape index (κ2) is 7.70. The summed E-state index contributed by atoms with van der Waals surface area (Å²) in [6.45, 7) is 0. The van der Waals surface area contributed by atoms with E-state index in [2.05, 4.69) is 0 Å². The van der Waals surface area contributed by atoms with Crippen LogP contribution in [0.25, 0.3) is 0 Å². The summed E-state index contributed by atoms with van der Waals surface area (Å²) in [7, 11) is 0. The van der Waals surface area contributed by atoms with Crippen LogP contribution in [0.1, 0.15) is 22.0 Å². The van der Waals surface area contributed by atoms with Gasteiger partial charge in [-0.3, -0.25) is 4.79 Å². The number of ketones is 1. The molecule has 0 spiro atoms. The molecule has 1 unspecified atom stereocenters. The standard InChI is InChI=1S/C20H15Cl2NO2/c21-17-11-8-14(12-18(17)22)19(23)20(24)13-6-9-16(10-7-13)25-15-4-2-1-3-5-15/h1-12,19H,23H2. The third kappa shape index (κ3) is 4.20. The van der Waals surface area contributed by atoms with Crippen LogP contribution in [0, 0.1) is 0 Å². The third-order valence-electron chi connectivity index (χ3n) is 3.70. The summed E-state index contributed by atoms with van der Waals surface area (Å²) in [6.07, 6.45) is 0. The smallest absolute Gasteiger partial charge is 0.184 e. The van der Waals surface area contributed by atoms with Gasteiger partial charge >= 0.3 is 0 Å². The summed E-state index contributed by atoms with van der Waals surface area (Å²) in [4.78, 5) is 12.6. The Morgan fingerprint density at radius 3 is 2.12 bits per heavy atom. The monoisotopic (exact) mass is 371 g/mol. The maximum atomic E-state index is 12.6. The Hall–Kier alpha value is -2.33. The number of rotatable bonds is 5. The Balaban J connectivity index is 1.74. The molecule has 0 aliphatic heterocycles. The lowest BCUT2D eigenvalue weighted by molar-refractivity contribution is 0.0961. The lowest BCUT2D eigenvalue weighted by Gasteiger charge is -2.12. The summed E-state index contributed by atoms with van der Waals surface area (Å²) in [5.74, 6) is 1.17. The average molecular weight is 372 g/mol. The van der Waals surface area contributed by atoms with Gasteiger partial charge in [-0.15, -0.1) is 0 Å². The second-order valence-electron chi connectivity index (χ2n) is 5.45. The molecule has 2 N–H and O–H groups in total. The molecule has 0 saturated carbocycles. The van der Waals surface area contributed by atoms with Crippen molar-refractivity contribution in [1.29, 1.82) is 0 Å². The van der Waals surface area contributed by atoms with Gasteiger partial charge in [0, 0.05) is 5.56 Å². The Kier molecular flexibility index (Phi) is 5.39. The normalized spacial score (nSPS) is 11.8. The van der Waals surface area contributed by atoms with E-state index in [1.54, 1.807) is 42.5 Å². The third-order valence-corrected chi connectivity index (χ3v) is 4.44. The maximum absolute atomic E-state index is 12.6. The van der Waals surface area contributed by atoms with Gasteiger partial charge in [-0.1, -0.05) is 47.5 Å². The molecule has 0 aliphatic rings. The van der Waals surface area contributed by atoms with Crippen LogP contribution in [0.2, 0.25) is 10.0 Å².